The van der Waals surface area contributed by atoms with Crippen molar-refractivity contribution < 1.29 is 9.18 Å². The van der Waals surface area contributed by atoms with Gasteiger partial charge in [0.25, 0.3) is 5.91 Å². The number of aromatic nitrogens is 3. The molecule has 4 aromatic rings. The first-order valence-electron chi connectivity index (χ1n) is 9.05. The quantitative estimate of drug-likeness (QED) is 0.494. The Kier molecular flexibility index (Phi) is 4.80. The number of hydrogen-bond donors (Lipinski definition) is 1. The highest BCUT2D eigenvalue weighted by Crippen LogP contribution is 2.29. The summed E-state index contributed by atoms with van der Waals surface area (Å²) >= 11 is 6.28. The molecule has 0 bridgehead atoms. The van der Waals surface area contributed by atoms with Crippen LogP contribution in [0, 0.1) is 26.6 Å². The topological polar surface area (TPSA) is 59.8 Å². The molecule has 0 saturated carbocycles. The largest absolute Gasteiger partial charge is 0.319 e. The minimum absolute atomic E-state index is 0.121. The monoisotopic (exact) mass is 408 g/mol. The normalized spacial score (nSPS) is 11.1. The van der Waals surface area contributed by atoms with E-state index in [0.717, 1.165) is 11.3 Å². The molecule has 7 heteroatoms. The third-order valence-corrected chi connectivity index (χ3v) is 5.18. The second kappa shape index (κ2) is 7.29. The number of amides is 1. The van der Waals surface area contributed by atoms with Gasteiger partial charge in [-0.05, 0) is 56.7 Å². The summed E-state index contributed by atoms with van der Waals surface area (Å²) in [6.07, 6.45) is 0. The molecule has 2 aromatic carbocycles. The average molecular weight is 409 g/mol. The van der Waals surface area contributed by atoms with Crippen LogP contribution < -0.4 is 5.32 Å². The molecule has 0 unspecified atom stereocenters. The van der Waals surface area contributed by atoms with Gasteiger partial charge in [0.1, 0.15) is 5.82 Å². The zero-order valence-corrected chi connectivity index (χ0v) is 16.9. The zero-order chi connectivity index (χ0) is 20.7. The summed E-state index contributed by atoms with van der Waals surface area (Å²) in [5.41, 5.74) is 4.00. The number of pyridine rings is 1. The molecular formula is C22H18ClFN4O. The summed E-state index contributed by atoms with van der Waals surface area (Å²) in [5.74, 6) is -0.916. The second-order valence-corrected chi connectivity index (χ2v) is 7.23. The van der Waals surface area contributed by atoms with E-state index in [4.69, 9.17) is 11.6 Å². The molecule has 5 nitrogen and oxygen atoms in total. The van der Waals surface area contributed by atoms with E-state index in [0.29, 0.717) is 33.0 Å². The van der Waals surface area contributed by atoms with Gasteiger partial charge < -0.3 is 5.32 Å². The maximum atomic E-state index is 14.0. The first-order valence-corrected chi connectivity index (χ1v) is 9.43. The highest BCUT2D eigenvalue weighted by atomic mass is 35.5. The number of para-hydroxylation sites is 1. The lowest BCUT2D eigenvalue weighted by Crippen LogP contribution is -2.14. The van der Waals surface area contributed by atoms with Crippen LogP contribution in [0.1, 0.15) is 27.3 Å². The van der Waals surface area contributed by atoms with Gasteiger partial charge in [-0.25, -0.2) is 14.1 Å². The van der Waals surface area contributed by atoms with Gasteiger partial charge in [-0.1, -0.05) is 29.8 Å². The van der Waals surface area contributed by atoms with Crippen molar-refractivity contribution in [2.75, 3.05) is 5.32 Å². The first-order chi connectivity index (χ1) is 13.9. The summed E-state index contributed by atoms with van der Waals surface area (Å²) in [6.45, 7) is 5.52. The van der Waals surface area contributed by atoms with Gasteiger partial charge in [0.2, 0.25) is 0 Å². The van der Waals surface area contributed by atoms with Crippen LogP contribution in [0.4, 0.5) is 10.1 Å². The van der Waals surface area contributed by atoms with Crippen molar-refractivity contribution in [1.82, 2.24) is 14.8 Å². The van der Waals surface area contributed by atoms with E-state index in [2.05, 4.69) is 15.4 Å². The Labute approximate surface area is 172 Å². The molecule has 0 aliphatic rings. The van der Waals surface area contributed by atoms with Gasteiger partial charge in [-0.15, -0.1) is 0 Å². The number of carbonyl (C=O) groups is 1. The van der Waals surface area contributed by atoms with Crippen LogP contribution in [0.5, 0.6) is 0 Å². The van der Waals surface area contributed by atoms with Crippen LogP contribution in [0.3, 0.4) is 0 Å². The number of aryl methyl sites for hydroxylation is 2. The lowest BCUT2D eigenvalue weighted by Gasteiger charge is -2.10. The van der Waals surface area contributed by atoms with Gasteiger partial charge in [-0.2, -0.15) is 5.10 Å². The maximum Gasteiger partial charge on any atom is 0.256 e. The molecule has 0 aliphatic carbocycles. The molecule has 0 spiro atoms. The molecule has 0 aliphatic heterocycles. The molecule has 29 heavy (non-hydrogen) atoms. The molecule has 2 heterocycles. The molecular weight excluding hydrogens is 391 g/mol. The van der Waals surface area contributed by atoms with E-state index in [-0.39, 0.29) is 5.69 Å². The van der Waals surface area contributed by atoms with Crippen LogP contribution in [0.25, 0.3) is 16.7 Å². The number of hydrogen-bond acceptors (Lipinski definition) is 3. The molecule has 0 saturated heterocycles. The van der Waals surface area contributed by atoms with Crippen molar-refractivity contribution in [3.05, 3.63) is 81.9 Å². The van der Waals surface area contributed by atoms with Gasteiger partial charge in [0, 0.05) is 10.7 Å². The smallest absolute Gasteiger partial charge is 0.256 e. The van der Waals surface area contributed by atoms with E-state index < -0.39 is 11.7 Å². The lowest BCUT2D eigenvalue weighted by atomic mass is 10.1. The van der Waals surface area contributed by atoms with E-state index in [1.54, 1.807) is 29.8 Å². The van der Waals surface area contributed by atoms with Crippen LogP contribution >= 0.6 is 11.6 Å². The number of benzene rings is 2. The molecule has 1 N–H and O–H groups in total. The predicted molar refractivity (Wildman–Crippen MR) is 112 cm³/mol. The Morgan fingerprint density at radius 3 is 2.62 bits per heavy atom. The summed E-state index contributed by atoms with van der Waals surface area (Å²) in [4.78, 5) is 17.6. The number of fused-ring (bicyclic) bond motifs is 1. The standard InChI is InChI=1S/C22H18ClFN4O/c1-12-11-15(22(29)26-18-9-5-4-8-17(18)24)20-14(3)27-28(21(20)25-12)19-10-6-7-16(23)13(19)2/h4-11H,1-3H3,(H,26,29). The number of nitrogens with zero attached hydrogens (tertiary/aromatic N) is 3. The summed E-state index contributed by atoms with van der Waals surface area (Å²) < 4.78 is 15.7. The Morgan fingerprint density at radius 1 is 1.10 bits per heavy atom. The number of halogens is 2. The SMILES string of the molecule is Cc1cc(C(=O)Nc2ccccc2F)c2c(C)nn(-c3cccc(Cl)c3C)c2n1. The lowest BCUT2D eigenvalue weighted by molar-refractivity contribution is 0.102. The van der Waals surface area contributed by atoms with Crippen molar-refractivity contribution in [3.8, 4) is 5.69 Å². The van der Waals surface area contributed by atoms with Crippen molar-refractivity contribution >= 4 is 34.2 Å². The van der Waals surface area contributed by atoms with Crippen LogP contribution in [0.2, 0.25) is 5.02 Å². The Bertz CT molecular complexity index is 1270. The Balaban J connectivity index is 1.89. The summed E-state index contributed by atoms with van der Waals surface area (Å²) in [5, 5.41) is 8.49. The third kappa shape index (κ3) is 3.36. The number of carbonyl (C=O) groups excluding carboxylic acids is 1. The summed E-state index contributed by atoms with van der Waals surface area (Å²) in [6, 6.07) is 13.3. The Morgan fingerprint density at radius 2 is 1.86 bits per heavy atom. The van der Waals surface area contributed by atoms with Gasteiger partial charge in [0.15, 0.2) is 5.65 Å². The molecule has 4 rings (SSSR count). The molecule has 0 radical (unpaired) electrons. The molecule has 0 fully saturated rings. The number of anilines is 1. The Hall–Kier alpha value is -3.25. The van der Waals surface area contributed by atoms with Crippen LogP contribution in [-0.4, -0.2) is 20.7 Å². The van der Waals surface area contributed by atoms with Crippen LogP contribution in [-0.2, 0) is 0 Å². The number of rotatable bonds is 3. The first kappa shape index (κ1) is 19.1. The molecule has 0 atom stereocenters. The van der Waals surface area contributed by atoms with E-state index in [9.17, 15) is 9.18 Å². The third-order valence-electron chi connectivity index (χ3n) is 4.77. The molecule has 2 aromatic heterocycles. The number of nitrogens with one attached hydrogen (secondary N) is 1. The minimum Gasteiger partial charge on any atom is -0.319 e. The minimum atomic E-state index is -0.496. The van der Waals surface area contributed by atoms with Gasteiger partial charge in [-0.3, -0.25) is 4.79 Å². The fourth-order valence-corrected chi connectivity index (χ4v) is 3.51. The van der Waals surface area contributed by atoms with E-state index >= 15 is 0 Å². The van der Waals surface area contributed by atoms with Crippen molar-refractivity contribution in [1.29, 1.82) is 0 Å². The van der Waals surface area contributed by atoms with Gasteiger partial charge >= 0.3 is 0 Å². The fourth-order valence-electron chi connectivity index (χ4n) is 3.34. The highest BCUT2D eigenvalue weighted by molar-refractivity contribution is 6.31. The maximum absolute atomic E-state index is 14.0. The van der Waals surface area contributed by atoms with Crippen LogP contribution in [0.15, 0.2) is 48.5 Å². The van der Waals surface area contributed by atoms with Gasteiger partial charge in [0.05, 0.1) is 28.0 Å². The zero-order valence-electron chi connectivity index (χ0n) is 16.1. The fraction of sp³-hybridized carbons (Fsp3) is 0.136. The average Bonchev–Trinajstić information content (AvgIpc) is 3.01. The van der Waals surface area contributed by atoms with E-state index in [1.165, 1.54) is 12.1 Å². The predicted octanol–water partition coefficient (Wildman–Crippen LogP) is 5.39. The van der Waals surface area contributed by atoms with Crippen molar-refractivity contribution in [2.45, 2.75) is 20.8 Å². The summed E-state index contributed by atoms with van der Waals surface area (Å²) in [7, 11) is 0. The van der Waals surface area contributed by atoms with Crippen molar-refractivity contribution in [2.24, 2.45) is 0 Å². The molecule has 1 amide bonds. The second-order valence-electron chi connectivity index (χ2n) is 6.82. The molecule has 146 valence electrons. The van der Waals surface area contributed by atoms with Crippen molar-refractivity contribution in [3.63, 3.8) is 0 Å². The highest BCUT2D eigenvalue weighted by Gasteiger charge is 2.21. The van der Waals surface area contributed by atoms with E-state index in [1.807, 2.05) is 32.0 Å².